The molecule has 0 radical (unpaired) electrons. The van der Waals surface area contributed by atoms with Crippen LogP contribution in [0, 0.1) is 11.8 Å². The molecule has 1 aliphatic carbocycles. The molecule has 0 aromatic heterocycles. The summed E-state index contributed by atoms with van der Waals surface area (Å²) in [4.78, 5) is 0. The monoisotopic (exact) mass is 230 g/mol. The van der Waals surface area contributed by atoms with Crippen LogP contribution in [0.3, 0.4) is 0 Å². The van der Waals surface area contributed by atoms with Crippen LogP contribution in [0.4, 0.5) is 0 Å². The fourth-order valence-electron chi connectivity index (χ4n) is 1.45. The van der Waals surface area contributed by atoms with Gasteiger partial charge in [-0.1, -0.05) is 27.7 Å². The standard InChI is InChI=1S/C8H16O.C6H14O/c1-7(2)3-4-8(9)5-6-8;1-6(2)4-3-5-7/h7,9H,3-6H2,1-2H3;6-7H,3-5H2,1-2H3. The smallest absolute Gasteiger partial charge is 0.0650 e. The third-order valence-electron chi connectivity index (χ3n) is 2.95. The van der Waals surface area contributed by atoms with Gasteiger partial charge < -0.3 is 10.2 Å². The average Bonchev–Trinajstić information content (AvgIpc) is 2.92. The van der Waals surface area contributed by atoms with Crippen molar-refractivity contribution in [3.05, 3.63) is 0 Å². The summed E-state index contributed by atoms with van der Waals surface area (Å²) in [5.74, 6) is 1.49. The number of aliphatic hydroxyl groups is 2. The van der Waals surface area contributed by atoms with Crippen LogP contribution >= 0.6 is 0 Å². The third kappa shape index (κ3) is 10.4. The first kappa shape index (κ1) is 15.9. The fraction of sp³-hybridized carbons (Fsp3) is 1.00. The van der Waals surface area contributed by atoms with Crippen molar-refractivity contribution in [2.45, 2.75) is 71.8 Å². The summed E-state index contributed by atoms with van der Waals surface area (Å²) < 4.78 is 0. The highest BCUT2D eigenvalue weighted by Gasteiger charge is 2.39. The van der Waals surface area contributed by atoms with Crippen LogP contribution < -0.4 is 0 Å². The maximum Gasteiger partial charge on any atom is 0.0650 e. The Balaban J connectivity index is 0.000000293. The minimum Gasteiger partial charge on any atom is -0.396 e. The van der Waals surface area contributed by atoms with E-state index in [1.54, 1.807) is 0 Å². The first-order valence-corrected chi connectivity index (χ1v) is 6.73. The summed E-state index contributed by atoms with van der Waals surface area (Å²) in [5.41, 5.74) is -0.218. The van der Waals surface area contributed by atoms with Gasteiger partial charge in [-0.15, -0.1) is 0 Å². The summed E-state index contributed by atoms with van der Waals surface area (Å²) in [6.45, 7) is 9.07. The molecule has 0 aromatic carbocycles. The lowest BCUT2D eigenvalue weighted by Gasteiger charge is -2.08. The summed E-state index contributed by atoms with van der Waals surface area (Å²) >= 11 is 0. The van der Waals surface area contributed by atoms with Gasteiger partial charge >= 0.3 is 0 Å². The molecule has 98 valence electrons. The molecule has 1 rings (SSSR count). The Morgan fingerprint density at radius 3 is 1.75 bits per heavy atom. The van der Waals surface area contributed by atoms with Crippen molar-refractivity contribution in [1.29, 1.82) is 0 Å². The van der Waals surface area contributed by atoms with Crippen molar-refractivity contribution in [2.75, 3.05) is 6.61 Å². The minimum atomic E-state index is -0.218. The molecule has 0 bridgehead atoms. The van der Waals surface area contributed by atoms with Gasteiger partial charge in [0, 0.05) is 6.61 Å². The van der Waals surface area contributed by atoms with Crippen LogP contribution in [0.2, 0.25) is 0 Å². The Morgan fingerprint density at radius 2 is 1.50 bits per heavy atom. The average molecular weight is 230 g/mol. The largest absolute Gasteiger partial charge is 0.396 e. The summed E-state index contributed by atoms with van der Waals surface area (Å²) in [6, 6.07) is 0. The van der Waals surface area contributed by atoms with E-state index in [1.165, 1.54) is 6.42 Å². The summed E-state index contributed by atoms with van der Waals surface area (Å²) in [6.07, 6.45) is 6.38. The second-order valence-electron chi connectivity index (χ2n) is 5.92. The van der Waals surface area contributed by atoms with Crippen molar-refractivity contribution in [3.8, 4) is 0 Å². The maximum absolute atomic E-state index is 9.38. The van der Waals surface area contributed by atoms with E-state index in [4.69, 9.17) is 5.11 Å². The first-order valence-electron chi connectivity index (χ1n) is 6.73. The number of hydrogen-bond donors (Lipinski definition) is 2. The Morgan fingerprint density at radius 1 is 1.00 bits per heavy atom. The Hall–Kier alpha value is -0.0800. The van der Waals surface area contributed by atoms with Crippen molar-refractivity contribution >= 4 is 0 Å². The van der Waals surface area contributed by atoms with Crippen molar-refractivity contribution in [3.63, 3.8) is 0 Å². The van der Waals surface area contributed by atoms with Gasteiger partial charge in [0.05, 0.1) is 5.60 Å². The van der Waals surface area contributed by atoms with Crippen molar-refractivity contribution in [1.82, 2.24) is 0 Å². The molecule has 16 heavy (non-hydrogen) atoms. The molecule has 2 nitrogen and oxygen atoms in total. The van der Waals surface area contributed by atoms with Gasteiger partial charge in [-0.25, -0.2) is 0 Å². The quantitative estimate of drug-likeness (QED) is 0.734. The van der Waals surface area contributed by atoms with E-state index in [0.29, 0.717) is 6.61 Å². The van der Waals surface area contributed by atoms with Crippen LogP contribution in [0.5, 0.6) is 0 Å². The maximum atomic E-state index is 9.38. The lowest BCUT2D eigenvalue weighted by atomic mass is 10.0. The molecular formula is C14H30O2. The van der Waals surface area contributed by atoms with Crippen LogP contribution in [0.25, 0.3) is 0 Å². The molecular weight excluding hydrogens is 200 g/mol. The molecule has 0 aliphatic heterocycles. The van der Waals surface area contributed by atoms with Gasteiger partial charge in [0.25, 0.3) is 0 Å². The zero-order valence-electron chi connectivity index (χ0n) is 11.5. The predicted octanol–water partition coefficient (Wildman–Crippen LogP) is 3.36. The van der Waals surface area contributed by atoms with Gasteiger partial charge in [0.15, 0.2) is 0 Å². The molecule has 2 heteroatoms. The molecule has 0 saturated heterocycles. The number of aliphatic hydroxyl groups excluding tert-OH is 1. The zero-order valence-corrected chi connectivity index (χ0v) is 11.5. The topological polar surface area (TPSA) is 40.5 Å². The molecule has 1 fully saturated rings. The predicted molar refractivity (Wildman–Crippen MR) is 69.4 cm³/mol. The molecule has 2 N–H and O–H groups in total. The van der Waals surface area contributed by atoms with Gasteiger partial charge in [-0.2, -0.15) is 0 Å². The first-order chi connectivity index (χ1) is 7.39. The lowest BCUT2D eigenvalue weighted by Crippen LogP contribution is -2.07. The van der Waals surface area contributed by atoms with Crippen LogP contribution in [-0.4, -0.2) is 22.4 Å². The zero-order chi connectivity index (χ0) is 12.6. The molecule has 0 aromatic rings. The summed E-state index contributed by atoms with van der Waals surface area (Å²) in [7, 11) is 0. The third-order valence-corrected chi connectivity index (χ3v) is 2.95. The van der Waals surface area contributed by atoms with E-state index in [2.05, 4.69) is 27.7 Å². The number of hydrogen-bond acceptors (Lipinski definition) is 2. The van der Waals surface area contributed by atoms with E-state index < -0.39 is 0 Å². The SMILES string of the molecule is CC(C)CCC1(O)CC1.CC(C)CCCO. The number of rotatable bonds is 6. The molecule has 0 heterocycles. The Bertz CT molecular complexity index is 160. The van der Waals surface area contributed by atoms with Crippen LogP contribution in [0.15, 0.2) is 0 Å². The molecule has 0 unspecified atom stereocenters. The van der Waals surface area contributed by atoms with Crippen LogP contribution in [0.1, 0.15) is 66.2 Å². The van der Waals surface area contributed by atoms with E-state index in [9.17, 15) is 5.11 Å². The molecule has 0 atom stereocenters. The van der Waals surface area contributed by atoms with Crippen LogP contribution in [-0.2, 0) is 0 Å². The van der Waals surface area contributed by atoms with E-state index in [-0.39, 0.29) is 5.60 Å². The molecule has 1 aliphatic rings. The highest BCUT2D eigenvalue weighted by Crippen LogP contribution is 2.39. The summed E-state index contributed by atoms with van der Waals surface area (Å²) in [5, 5.41) is 17.7. The van der Waals surface area contributed by atoms with Gasteiger partial charge in [-0.3, -0.25) is 0 Å². The van der Waals surface area contributed by atoms with Gasteiger partial charge in [0.2, 0.25) is 0 Å². The van der Waals surface area contributed by atoms with Crippen molar-refractivity contribution in [2.24, 2.45) is 11.8 Å². The van der Waals surface area contributed by atoms with E-state index in [0.717, 1.165) is 43.9 Å². The lowest BCUT2D eigenvalue weighted by molar-refractivity contribution is 0.132. The highest BCUT2D eigenvalue weighted by atomic mass is 16.3. The second kappa shape index (κ2) is 8.08. The van der Waals surface area contributed by atoms with E-state index in [1.807, 2.05) is 0 Å². The molecule has 0 amide bonds. The minimum absolute atomic E-state index is 0.218. The van der Waals surface area contributed by atoms with Gasteiger partial charge in [-0.05, 0) is 50.4 Å². The Labute approximate surface area is 101 Å². The second-order valence-corrected chi connectivity index (χ2v) is 5.92. The fourth-order valence-corrected chi connectivity index (χ4v) is 1.45. The van der Waals surface area contributed by atoms with Crippen molar-refractivity contribution < 1.29 is 10.2 Å². The van der Waals surface area contributed by atoms with E-state index >= 15 is 0 Å². The normalized spacial score (nSPS) is 17.2. The highest BCUT2D eigenvalue weighted by molar-refractivity contribution is 4.92. The van der Waals surface area contributed by atoms with Gasteiger partial charge in [0.1, 0.15) is 0 Å². The molecule has 1 saturated carbocycles. The molecule has 0 spiro atoms. The Kier molecular flexibility index (Phi) is 8.04.